The molecule has 0 bridgehead atoms. The predicted molar refractivity (Wildman–Crippen MR) is 98.5 cm³/mol. The van der Waals surface area contributed by atoms with Crippen LogP contribution in [0.2, 0.25) is 0 Å². The highest BCUT2D eigenvalue weighted by Crippen LogP contribution is 2.40. The molecule has 2 aromatic heterocycles. The van der Waals surface area contributed by atoms with Gasteiger partial charge < -0.3 is 5.32 Å². The first kappa shape index (κ1) is 16.7. The first-order valence-electron chi connectivity index (χ1n) is 9.09. The molecule has 2 aromatic rings. The van der Waals surface area contributed by atoms with E-state index in [0.717, 1.165) is 43.2 Å². The monoisotopic (exact) mass is 356 g/mol. The van der Waals surface area contributed by atoms with Gasteiger partial charge in [-0.1, -0.05) is 0 Å². The van der Waals surface area contributed by atoms with Crippen molar-refractivity contribution in [2.45, 2.75) is 45.2 Å². The van der Waals surface area contributed by atoms with Gasteiger partial charge in [0.1, 0.15) is 9.88 Å². The molecule has 0 aromatic carbocycles. The lowest BCUT2D eigenvalue weighted by Crippen LogP contribution is -2.30. The summed E-state index contributed by atoms with van der Waals surface area (Å²) in [7, 11) is 0. The molecule has 0 unspecified atom stereocenters. The van der Waals surface area contributed by atoms with Crippen molar-refractivity contribution in [3.05, 3.63) is 45.7 Å². The van der Waals surface area contributed by atoms with Crippen LogP contribution in [0.3, 0.4) is 0 Å². The topological polar surface area (TPSA) is 58.1 Å². The summed E-state index contributed by atoms with van der Waals surface area (Å²) in [5, 5.41) is 4.23. The van der Waals surface area contributed by atoms with E-state index >= 15 is 0 Å². The van der Waals surface area contributed by atoms with E-state index in [-0.39, 0.29) is 11.9 Å². The molecule has 0 spiro atoms. The highest BCUT2D eigenvalue weighted by Gasteiger charge is 2.34. The molecule has 1 N–H and O–H groups in total. The zero-order chi connectivity index (χ0) is 17.2. The number of carbonyl (C=O) groups excluding carboxylic acids is 1. The van der Waals surface area contributed by atoms with Crippen molar-refractivity contribution in [1.29, 1.82) is 0 Å². The quantitative estimate of drug-likeness (QED) is 0.862. The van der Waals surface area contributed by atoms with Gasteiger partial charge in [0.25, 0.3) is 5.91 Å². The maximum Gasteiger partial charge on any atom is 0.263 e. The average molecular weight is 356 g/mol. The third-order valence-electron chi connectivity index (χ3n) is 4.97. The largest absolute Gasteiger partial charge is 0.343 e. The van der Waals surface area contributed by atoms with Crippen LogP contribution in [0.5, 0.6) is 0 Å². The zero-order valence-electron chi connectivity index (χ0n) is 14.6. The third kappa shape index (κ3) is 4.07. The summed E-state index contributed by atoms with van der Waals surface area (Å²) in [6.45, 7) is 5.21. The minimum Gasteiger partial charge on any atom is -0.343 e. The van der Waals surface area contributed by atoms with Crippen molar-refractivity contribution >= 4 is 17.2 Å². The normalized spacial score (nSPS) is 19.1. The molecule has 1 aliphatic heterocycles. The molecule has 5 nitrogen and oxygen atoms in total. The number of hydrogen-bond acceptors (Lipinski definition) is 5. The molecule has 4 rings (SSSR count). The number of nitrogens with one attached hydrogen (secondary N) is 1. The summed E-state index contributed by atoms with van der Waals surface area (Å²) in [5.74, 6) is 0.487. The number of pyridine rings is 1. The second-order valence-electron chi connectivity index (χ2n) is 7.15. The van der Waals surface area contributed by atoms with Crippen LogP contribution in [0.1, 0.15) is 57.7 Å². The van der Waals surface area contributed by atoms with Gasteiger partial charge in [-0.3, -0.25) is 14.7 Å². The van der Waals surface area contributed by atoms with E-state index in [1.54, 1.807) is 6.20 Å². The Kier molecular flexibility index (Phi) is 4.81. The highest BCUT2D eigenvalue weighted by molar-refractivity contribution is 7.13. The number of rotatable bonds is 6. The summed E-state index contributed by atoms with van der Waals surface area (Å²) in [5.41, 5.74) is 2.15. The summed E-state index contributed by atoms with van der Waals surface area (Å²) in [6.07, 6.45) is 8.40. The van der Waals surface area contributed by atoms with E-state index in [9.17, 15) is 4.79 Å². The van der Waals surface area contributed by atoms with Crippen LogP contribution in [0.15, 0.2) is 24.5 Å². The number of thiazole rings is 1. The standard InChI is InChI=1S/C19H24N4OS/c1-13-6-7-20-15(10-13)18(14-4-5-14)22-19(24)16-11-21-17(25-16)12-23-8-2-3-9-23/h6-7,10-11,14,18H,2-5,8-9,12H2,1H3,(H,22,24)/t18-/m1/s1. The Hall–Kier alpha value is -1.79. The summed E-state index contributed by atoms with van der Waals surface area (Å²) in [4.78, 5) is 24.8. The number of amides is 1. The van der Waals surface area contributed by atoms with Gasteiger partial charge in [0, 0.05) is 6.20 Å². The predicted octanol–water partition coefficient (Wildman–Crippen LogP) is 3.32. The fourth-order valence-electron chi connectivity index (χ4n) is 3.43. The third-order valence-corrected chi connectivity index (χ3v) is 5.95. The number of carbonyl (C=O) groups is 1. The first-order chi connectivity index (χ1) is 12.2. The van der Waals surface area contributed by atoms with Gasteiger partial charge in [0.05, 0.1) is 24.5 Å². The molecule has 1 amide bonds. The highest BCUT2D eigenvalue weighted by atomic mass is 32.1. The second kappa shape index (κ2) is 7.22. The Morgan fingerprint density at radius 1 is 1.36 bits per heavy atom. The maximum atomic E-state index is 12.7. The van der Waals surface area contributed by atoms with Gasteiger partial charge in [-0.05, 0) is 69.3 Å². The lowest BCUT2D eigenvalue weighted by atomic mass is 10.1. The summed E-state index contributed by atoms with van der Waals surface area (Å²) in [6, 6.07) is 4.08. The van der Waals surface area contributed by atoms with Gasteiger partial charge in [-0.2, -0.15) is 0 Å². The minimum absolute atomic E-state index is 0.0107. The smallest absolute Gasteiger partial charge is 0.263 e. The summed E-state index contributed by atoms with van der Waals surface area (Å²) < 4.78 is 0. The number of aromatic nitrogens is 2. The SMILES string of the molecule is Cc1ccnc([C@H](NC(=O)c2cnc(CN3CCCC3)s2)C2CC2)c1. The molecule has 2 fully saturated rings. The van der Waals surface area contributed by atoms with Crippen LogP contribution in [-0.2, 0) is 6.54 Å². The van der Waals surface area contributed by atoms with Crippen LogP contribution in [-0.4, -0.2) is 33.9 Å². The van der Waals surface area contributed by atoms with Crippen molar-refractivity contribution in [2.24, 2.45) is 5.92 Å². The number of nitrogens with zero attached hydrogens (tertiary/aromatic N) is 3. The van der Waals surface area contributed by atoms with E-state index in [4.69, 9.17) is 0 Å². The van der Waals surface area contributed by atoms with E-state index in [1.807, 2.05) is 12.3 Å². The van der Waals surface area contributed by atoms with Crippen molar-refractivity contribution in [3.8, 4) is 0 Å². The van der Waals surface area contributed by atoms with Crippen molar-refractivity contribution in [3.63, 3.8) is 0 Å². The average Bonchev–Trinajstić information content (AvgIpc) is 3.11. The van der Waals surface area contributed by atoms with Gasteiger partial charge in [0.15, 0.2) is 0 Å². The lowest BCUT2D eigenvalue weighted by Gasteiger charge is -2.17. The molecule has 1 atom stereocenters. The van der Waals surface area contributed by atoms with Crippen LogP contribution >= 0.6 is 11.3 Å². The second-order valence-corrected chi connectivity index (χ2v) is 8.26. The number of aryl methyl sites for hydroxylation is 1. The van der Waals surface area contributed by atoms with E-state index < -0.39 is 0 Å². The van der Waals surface area contributed by atoms with Gasteiger partial charge in [-0.15, -0.1) is 11.3 Å². The molecule has 2 aliphatic rings. The van der Waals surface area contributed by atoms with E-state index in [2.05, 4.69) is 33.2 Å². The molecule has 25 heavy (non-hydrogen) atoms. The Labute approximate surface area is 152 Å². The Morgan fingerprint density at radius 2 is 2.16 bits per heavy atom. The first-order valence-corrected chi connectivity index (χ1v) is 9.91. The fourth-order valence-corrected chi connectivity index (χ4v) is 4.29. The molecule has 132 valence electrons. The van der Waals surface area contributed by atoms with Crippen LogP contribution < -0.4 is 5.32 Å². The van der Waals surface area contributed by atoms with Crippen molar-refractivity contribution < 1.29 is 4.79 Å². The number of likely N-dealkylation sites (tertiary alicyclic amines) is 1. The zero-order valence-corrected chi connectivity index (χ0v) is 15.4. The Morgan fingerprint density at radius 3 is 2.88 bits per heavy atom. The van der Waals surface area contributed by atoms with Gasteiger partial charge >= 0.3 is 0 Å². The van der Waals surface area contributed by atoms with Gasteiger partial charge in [0.2, 0.25) is 0 Å². The Balaban J connectivity index is 1.44. The Bertz CT molecular complexity index is 749. The molecular formula is C19H24N4OS. The maximum absolute atomic E-state index is 12.7. The molecule has 6 heteroatoms. The number of hydrogen-bond donors (Lipinski definition) is 1. The van der Waals surface area contributed by atoms with Crippen LogP contribution in [0, 0.1) is 12.8 Å². The van der Waals surface area contributed by atoms with Crippen molar-refractivity contribution in [2.75, 3.05) is 13.1 Å². The molecular weight excluding hydrogens is 332 g/mol. The van der Waals surface area contributed by atoms with Gasteiger partial charge in [-0.25, -0.2) is 4.98 Å². The molecule has 1 saturated heterocycles. The van der Waals surface area contributed by atoms with Crippen LogP contribution in [0.4, 0.5) is 0 Å². The van der Waals surface area contributed by atoms with Crippen LogP contribution in [0.25, 0.3) is 0 Å². The van der Waals surface area contributed by atoms with E-state index in [0.29, 0.717) is 10.8 Å². The molecule has 3 heterocycles. The molecule has 1 saturated carbocycles. The molecule has 0 radical (unpaired) electrons. The lowest BCUT2D eigenvalue weighted by molar-refractivity contribution is 0.0934. The molecule has 1 aliphatic carbocycles. The summed E-state index contributed by atoms with van der Waals surface area (Å²) >= 11 is 1.52. The van der Waals surface area contributed by atoms with Crippen molar-refractivity contribution in [1.82, 2.24) is 20.2 Å². The fraction of sp³-hybridized carbons (Fsp3) is 0.526. The van der Waals surface area contributed by atoms with E-state index in [1.165, 1.54) is 29.7 Å². The minimum atomic E-state index is -0.0228.